The Morgan fingerprint density at radius 2 is 2.29 bits per heavy atom. The van der Waals surface area contributed by atoms with E-state index in [1.165, 1.54) is 5.69 Å². The van der Waals surface area contributed by atoms with Gasteiger partial charge in [-0.2, -0.15) is 0 Å². The van der Waals surface area contributed by atoms with Crippen LogP contribution >= 0.6 is 11.3 Å². The zero-order valence-corrected chi connectivity index (χ0v) is 13.1. The molecule has 3 heterocycles. The third-order valence-electron chi connectivity index (χ3n) is 3.88. The van der Waals surface area contributed by atoms with Gasteiger partial charge in [-0.05, 0) is 12.8 Å². The molecule has 0 unspecified atom stereocenters. The summed E-state index contributed by atoms with van der Waals surface area (Å²) < 4.78 is 7.23. The van der Waals surface area contributed by atoms with Crippen LogP contribution < -0.4 is 10.2 Å². The van der Waals surface area contributed by atoms with Crippen molar-refractivity contribution in [3.8, 4) is 0 Å². The number of anilines is 1. The van der Waals surface area contributed by atoms with Gasteiger partial charge in [-0.3, -0.25) is 4.40 Å². The average Bonchev–Trinajstić information content (AvgIpc) is 3.06. The molecule has 21 heavy (non-hydrogen) atoms. The van der Waals surface area contributed by atoms with Crippen molar-refractivity contribution in [3.63, 3.8) is 0 Å². The van der Waals surface area contributed by atoms with Gasteiger partial charge in [0.15, 0.2) is 10.8 Å². The highest BCUT2D eigenvalue weighted by Crippen LogP contribution is 2.27. The Kier molecular flexibility index (Phi) is 4.74. The summed E-state index contributed by atoms with van der Waals surface area (Å²) in [5, 5.41) is 15.1. The minimum atomic E-state index is -0.159. The van der Waals surface area contributed by atoms with Crippen LogP contribution in [0, 0.1) is 0 Å². The molecule has 0 atom stereocenters. The predicted molar refractivity (Wildman–Crippen MR) is 84.1 cm³/mol. The van der Waals surface area contributed by atoms with Crippen LogP contribution in [0.15, 0.2) is 11.6 Å². The molecule has 0 aliphatic carbocycles. The van der Waals surface area contributed by atoms with Crippen molar-refractivity contribution < 1.29 is 9.84 Å². The summed E-state index contributed by atoms with van der Waals surface area (Å²) in [6, 6.07) is 0. The summed E-state index contributed by atoms with van der Waals surface area (Å²) in [6.07, 6.45) is 3.56. The lowest BCUT2D eigenvalue weighted by Crippen LogP contribution is -2.37. The Morgan fingerprint density at radius 1 is 1.48 bits per heavy atom. The summed E-state index contributed by atoms with van der Waals surface area (Å²) in [4.78, 5) is 8.09. The molecule has 6 nitrogen and oxygen atoms in total. The first kappa shape index (κ1) is 14.8. The Morgan fingerprint density at radius 3 is 3.05 bits per heavy atom. The molecule has 0 bridgehead atoms. The highest BCUT2D eigenvalue weighted by Gasteiger charge is 2.23. The van der Waals surface area contributed by atoms with E-state index in [0.29, 0.717) is 6.61 Å². The number of hydrogen-bond donors (Lipinski definition) is 2. The SMILES string of the molecule is COCCNCc1c(N2CCC(O)CC2)nc2sccn12. The third-order valence-corrected chi connectivity index (χ3v) is 4.64. The molecule has 1 saturated heterocycles. The van der Waals surface area contributed by atoms with Crippen molar-refractivity contribution in [2.24, 2.45) is 0 Å². The lowest BCUT2D eigenvalue weighted by molar-refractivity contribution is 0.145. The Balaban J connectivity index is 1.78. The van der Waals surface area contributed by atoms with E-state index in [2.05, 4.69) is 26.2 Å². The van der Waals surface area contributed by atoms with Crippen molar-refractivity contribution in [1.82, 2.24) is 14.7 Å². The number of nitrogens with zero attached hydrogens (tertiary/aromatic N) is 3. The van der Waals surface area contributed by atoms with Crippen LogP contribution in [0.3, 0.4) is 0 Å². The van der Waals surface area contributed by atoms with Crippen molar-refractivity contribution in [3.05, 3.63) is 17.3 Å². The molecule has 0 saturated carbocycles. The Bertz CT molecular complexity index is 575. The van der Waals surface area contributed by atoms with Gasteiger partial charge in [-0.15, -0.1) is 11.3 Å². The molecule has 0 aromatic carbocycles. The average molecular weight is 310 g/mol. The summed E-state index contributed by atoms with van der Waals surface area (Å²) >= 11 is 1.65. The monoisotopic (exact) mass is 310 g/mol. The first-order valence-corrected chi connectivity index (χ1v) is 8.24. The van der Waals surface area contributed by atoms with E-state index in [1.54, 1.807) is 18.4 Å². The quantitative estimate of drug-likeness (QED) is 0.782. The van der Waals surface area contributed by atoms with E-state index in [-0.39, 0.29) is 6.10 Å². The van der Waals surface area contributed by atoms with Crippen LogP contribution in [0.2, 0.25) is 0 Å². The van der Waals surface area contributed by atoms with Crippen LogP contribution in [-0.2, 0) is 11.3 Å². The topological polar surface area (TPSA) is 62.0 Å². The van der Waals surface area contributed by atoms with Crippen LogP contribution in [0.4, 0.5) is 5.82 Å². The van der Waals surface area contributed by atoms with Crippen LogP contribution in [-0.4, -0.2) is 53.9 Å². The Hall–Kier alpha value is -1.15. The maximum absolute atomic E-state index is 9.67. The van der Waals surface area contributed by atoms with Crippen molar-refractivity contribution in [2.45, 2.75) is 25.5 Å². The van der Waals surface area contributed by atoms with E-state index >= 15 is 0 Å². The fourth-order valence-electron chi connectivity index (χ4n) is 2.70. The first-order valence-electron chi connectivity index (χ1n) is 7.36. The normalized spacial score (nSPS) is 17.0. The number of nitrogens with one attached hydrogen (secondary N) is 1. The van der Waals surface area contributed by atoms with E-state index in [4.69, 9.17) is 9.72 Å². The summed E-state index contributed by atoms with van der Waals surface area (Å²) in [6.45, 7) is 4.05. The molecule has 0 amide bonds. The number of fused-ring (bicyclic) bond motifs is 1. The van der Waals surface area contributed by atoms with Gasteiger partial charge in [-0.1, -0.05) is 0 Å². The van der Waals surface area contributed by atoms with Gasteiger partial charge in [-0.25, -0.2) is 4.98 Å². The number of imidazole rings is 1. The zero-order chi connectivity index (χ0) is 14.7. The minimum absolute atomic E-state index is 0.159. The van der Waals surface area contributed by atoms with Gasteiger partial charge < -0.3 is 20.1 Å². The number of aliphatic hydroxyl groups is 1. The first-order chi connectivity index (χ1) is 10.3. The standard InChI is InChI=1S/C14H22N4O2S/c1-20-8-4-15-10-12-13(16-14-18(12)7-9-21-14)17-5-2-11(19)3-6-17/h7,9,11,15,19H,2-6,8,10H2,1H3. The minimum Gasteiger partial charge on any atom is -0.393 e. The molecular weight excluding hydrogens is 288 g/mol. The molecule has 2 N–H and O–H groups in total. The summed E-state index contributed by atoms with van der Waals surface area (Å²) in [5.74, 6) is 1.05. The summed E-state index contributed by atoms with van der Waals surface area (Å²) in [5.41, 5.74) is 1.19. The second kappa shape index (κ2) is 6.74. The largest absolute Gasteiger partial charge is 0.393 e. The molecular formula is C14H22N4O2S. The number of aromatic nitrogens is 2. The highest BCUT2D eigenvalue weighted by molar-refractivity contribution is 7.15. The summed E-state index contributed by atoms with van der Waals surface area (Å²) in [7, 11) is 1.71. The number of ether oxygens (including phenoxy) is 1. The van der Waals surface area contributed by atoms with E-state index in [9.17, 15) is 5.11 Å². The number of hydrogen-bond acceptors (Lipinski definition) is 6. The van der Waals surface area contributed by atoms with Gasteiger partial charge in [0, 0.05) is 44.9 Å². The van der Waals surface area contributed by atoms with Crippen LogP contribution in [0.5, 0.6) is 0 Å². The molecule has 3 rings (SSSR count). The van der Waals surface area contributed by atoms with Crippen LogP contribution in [0.1, 0.15) is 18.5 Å². The maximum Gasteiger partial charge on any atom is 0.195 e. The number of rotatable bonds is 6. The van der Waals surface area contributed by atoms with Gasteiger partial charge in [0.1, 0.15) is 0 Å². The number of thiazole rings is 1. The number of piperidine rings is 1. The lowest BCUT2D eigenvalue weighted by atomic mass is 10.1. The van der Waals surface area contributed by atoms with Gasteiger partial charge in [0.05, 0.1) is 18.4 Å². The van der Waals surface area contributed by atoms with Gasteiger partial charge in [0.2, 0.25) is 0 Å². The maximum atomic E-state index is 9.67. The van der Waals surface area contributed by atoms with E-state index in [0.717, 1.165) is 49.8 Å². The van der Waals surface area contributed by atoms with Crippen LogP contribution in [0.25, 0.3) is 4.96 Å². The van der Waals surface area contributed by atoms with Gasteiger partial charge in [0.25, 0.3) is 0 Å². The van der Waals surface area contributed by atoms with Gasteiger partial charge >= 0.3 is 0 Å². The Labute approximate surface area is 128 Å². The molecule has 2 aromatic heterocycles. The second-order valence-electron chi connectivity index (χ2n) is 5.33. The number of methoxy groups -OCH3 is 1. The molecule has 0 spiro atoms. The fourth-order valence-corrected chi connectivity index (χ4v) is 3.43. The smallest absolute Gasteiger partial charge is 0.195 e. The molecule has 1 aliphatic heterocycles. The van der Waals surface area contributed by atoms with Crippen molar-refractivity contribution in [1.29, 1.82) is 0 Å². The highest BCUT2D eigenvalue weighted by atomic mass is 32.1. The molecule has 1 fully saturated rings. The van der Waals surface area contributed by atoms with E-state index < -0.39 is 0 Å². The zero-order valence-electron chi connectivity index (χ0n) is 12.3. The lowest BCUT2D eigenvalue weighted by Gasteiger charge is -2.30. The molecule has 116 valence electrons. The van der Waals surface area contributed by atoms with Crippen molar-refractivity contribution in [2.75, 3.05) is 38.3 Å². The number of aliphatic hydroxyl groups excluding tert-OH is 1. The predicted octanol–water partition coefficient (Wildman–Crippen LogP) is 1.09. The third kappa shape index (κ3) is 3.21. The fraction of sp³-hybridized carbons (Fsp3) is 0.643. The van der Waals surface area contributed by atoms with Crippen molar-refractivity contribution >= 4 is 22.1 Å². The molecule has 7 heteroatoms. The second-order valence-corrected chi connectivity index (χ2v) is 6.20. The van der Waals surface area contributed by atoms with E-state index in [1.807, 2.05) is 0 Å². The molecule has 0 radical (unpaired) electrons. The molecule has 1 aliphatic rings. The molecule has 2 aromatic rings.